The topological polar surface area (TPSA) is 399 Å². The zero-order chi connectivity index (χ0) is 42.0. The Morgan fingerprint density at radius 1 is 0.561 bits per heavy atom. The minimum Gasteiger partial charge on any atom is -0.394 e. The lowest BCUT2D eigenvalue weighted by molar-refractivity contribution is -0.0272. The van der Waals surface area contributed by atoms with E-state index >= 15 is 0 Å². The summed E-state index contributed by atoms with van der Waals surface area (Å²) in [5, 5.41) is 38.0. The Bertz CT molecular complexity index is 2150. The molecule has 3 aromatic rings. The first-order valence-corrected chi connectivity index (χ1v) is 17.1. The molecule has 0 spiro atoms. The van der Waals surface area contributed by atoms with Gasteiger partial charge in [-0.15, -0.1) is 0 Å². The number of hydrogen-bond acceptors (Lipinski definition) is 15. The van der Waals surface area contributed by atoms with Gasteiger partial charge in [-0.1, -0.05) is 15.3 Å². The SMILES string of the molecule is Cc1cn([C@H]2C[C@H](N=[N+]=[N-])[C@@H](CO)O2)c(=O)[nH]c1=O.Cc1cn([C@H]2C[C@H](N=[N+]=[N-])[C@@H](CO)O2)c(=O)[nH]c1=O.Cc1cn([C@H]2C[C@H](N=[N+]=[N-])[C@@H](CO)O2)c(=O)[nH]c1=O. The normalized spacial score (nSPS) is 26.1. The van der Waals surface area contributed by atoms with Crippen LogP contribution in [0.15, 0.2) is 62.7 Å². The maximum atomic E-state index is 11.7. The van der Waals surface area contributed by atoms with Crippen molar-refractivity contribution in [3.8, 4) is 0 Å². The Labute approximate surface area is 317 Å². The van der Waals surface area contributed by atoms with Gasteiger partial charge in [-0.05, 0) is 37.4 Å². The van der Waals surface area contributed by atoms with Crippen molar-refractivity contribution < 1.29 is 29.5 Å². The Balaban J connectivity index is 0.000000189. The molecule has 3 saturated heterocycles. The highest BCUT2D eigenvalue weighted by Crippen LogP contribution is 2.31. The lowest BCUT2D eigenvalue weighted by Crippen LogP contribution is -2.33. The van der Waals surface area contributed by atoms with E-state index in [9.17, 15) is 28.8 Å². The van der Waals surface area contributed by atoms with Crippen LogP contribution >= 0.6 is 0 Å². The van der Waals surface area contributed by atoms with Crippen LogP contribution in [0.5, 0.6) is 0 Å². The van der Waals surface area contributed by atoms with Crippen LogP contribution in [-0.2, 0) is 14.2 Å². The molecule has 3 aromatic heterocycles. The van der Waals surface area contributed by atoms with Crippen LogP contribution in [0, 0.1) is 20.8 Å². The van der Waals surface area contributed by atoms with Crippen molar-refractivity contribution in [1.29, 1.82) is 0 Å². The van der Waals surface area contributed by atoms with E-state index < -0.39 is 88.9 Å². The van der Waals surface area contributed by atoms with Crippen molar-refractivity contribution in [2.45, 2.75) is 95.2 Å². The molecular weight excluding hydrogens is 762 g/mol. The van der Waals surface area contributed by atoms with E-state index in [-0.39, 0.29) is 39.1 Å². The van der Waals surface area contributed by atoms with Gasteiger partial charge in [-0.3, -0.25) is 43.0 Å². The summed E-state index contributed by atoms with van der Waals surface area (Å²) in [6, 6.07) is -1.63. The molecule has 0 amide bonds. The Morgan fingerprint density at radius 3 is 1.02 bits per heavy atom. The van der Waals surface area contributed by atoms with Crippen molar-refractivity contribution in [2.24, 2.45) is 15.3 Å². The van der Waals surface area contributed by atoms with Crippen LogP contribution < -0.4 is 33.7 Å². The van der Waals surface area contributed by atoms with Gasteiger partial charge >= 0.3 is 17.1 Å². The molecule has 9 atom stereocenters. The number of nitrogens with one attached hydrogen (secondary N) is 3. The summed E-state index contributed by atoms with van der Waals surface area (Å²) in [5.74, 6) is 0. The number of hydrogen-bond donors (Lipinski definition) is 6. The lowest BCUT2D eigenvalue weighted by atomic mass is 10.1. The highest BCUT2D eigenvalue weighted by Gasteiger charge is 2.38. The number of aliphatic hydroxyl groups excluding tert-OH is 3. The number of aromatic nitrogens is 6. The van der Waals surface area contributed by atoms with Crippen molar-refractivity contribution in [3.05, 3.63) is 129 Å². The summed E-state index contributed by atoms with van der Waals surface area (Å²) in [4.78, 5) is 83.5. The minimum atomic E-state index is -0.671. The third-order valence-electron chi connectivity index (χ3n) is 9.12. The van der Waals surface area contributed by atoms with E-state index in [2.05, 4.69) is 45.0 Å². The third kappa shape index (κ3) is 10.3. The number of nitrogens with zero attached hydrogens (tertiary/aromatic N) is 12. The second-order valence-corrected chi connectivity index (χ2v) is 12.9. The average Bonchev–Trinajstić information content (AvgIpc) is 3.90. The van der Waals surface area contributed by atoms with Crippen LogP contribution in [0.2, 0.25) is 0 Å². The van der Waals surface area contributed by atoms with E-state index in [1.165, 1.54) is 32.3 Å². The van der Waals surface area contributed by atoms with Gasteiger partial charge in [0.2, 0.25) is 0 Å². The van der Waals surface area contributed by atoms with E-state index in [0.717, 1.165) is 0 Å². The molecule has 0 saturated carbocycles. The van der Waals surface area contributed by atoms with Gasteiger partial charge in [-0.25, -0.2) is 14.4 Å². The van der Waals surface area contributed by atoms with E-state index in [4.69, 9.17) is 46.1 Å². The molecule has 0 aliphatic carbocycles. The quantitative estimate of drug-likeness (QED) is 0.0898. The molecule has 3 aliphatic heterocycles. The third-order valence-corrected chi connectivity index (χ3v) is 9.12. The molecule has 6 N–H and O–H groups in total. The van der Waals surface area contributed by atoms with E-state index in [1.54, 1.807) is 20.8 Å². The fourth-order valence-electron chi connectivity index (χ4n) is 6.11. The molecule has 6 heterocycles. The van der Waals surface area contributed by atoms with Gasteiger partial charge in [0.15, 0.2) is 0 Å². The van der Waals surface area contributed by atoms with Crippen LogP contribution in [-0.4, -0.2) is 100 Å². The molecule has 3 fully saturated rings. The molecule has 27 heteroatoms. The molecule has 27 nitrogen and oxygen atoms in total. The number of aliphatic hydroxyl groups is 3. The van der Waals surface area contributed by atoms with Gasteiger partial charge < -0.3 is 29.5 Å². The molecule has 0 aromatic carbocycles. The first kappa shape index (κ1) is 43.5. The van der Waals surface area contributed by atoms with Crippen molar-refractivity contribution in [1.82, 2.24) is 28.7 Å². The van der Waals surface area contributed by atoms with Gasteiger partial charge in [-0.2, -0.15) is 0 Å². The number of ether oxygens (including phenoxy) is 3. The molecule has 0 radical (unpaired) electrons. The maximum Gasteiger partial charge on any atom is 0.330 e. The highest BCUT2D eigenvalue weighted by molar-refractivity contribution is 5.04. The van der Waals surface area contributed by atoms with Crippen molar-refractivity contribution >= 4 is 0 Å². The van der Waals surface area contributed by atoms with Gasteiger partial charge in [0.25, 0.3) is 16.7 Å². The standard InChI is InChI=1S/3C10H13N5O4/c3*1-5-3-15(10(18)12-9(5)17)8-2-6(13-14-11)7(4-16)19-8/h3*3,6-8,16H,2,4H2,1H3,(H,12,17,18)/t3*6-,7+,8+/m000/s1. The minimum absolute atomic E-state index is 0.265. The van der Waals surface area contributed by atoms with Crippen LogP contribution in [0.4, 0.5) is 0 Å². The molecule has 57 heavy (non-hydrogen) atoms. The summed E-state index contributed by atoms with van der Waals surface area (Å²) in [6.45, 7) is 3.78. The summed E-state index contributed by atoms with van der Waals surface area (Å²) >= 11 is 0. The smallest absolute Gasteiger partial charge is 0.330 e. The maximum absolute atomic E-state index is 11.7. The largest absolute Gasteiger partial charge is 0.394 e. The summed E-state index contributed by atoms with van der Waals surface area (Å²) in [7, 11) is 0. The summed E-state index contributed by atoms with van der Waals surface area (Å²) in [5.41, 5.74) is 23.3. The van der Waals surface area contributed by atoms with E-state index in [0.29, 0.717) is 16.7 Å². The summed E-state index contributed by atoms with van der Waals surface area (Å²) < 4.78 is 20.1. The summed E-state index contributed by atoms with van der Waals surface area (Å²) in [6.07, 6.45) is 0.986. The lowest BCUT2D eigenvalue weighted by Gasteiger charge is -2.14. The van der Waals surface area contributed by atoms with E-state index in [1.807, 2.05) is 0 Å². The zero-order valence-electron chi connectivity index (χ0n) is 30.6. The molecule has 306 valence electrons. The number of rotatable bonds is 9. The monoisotopic (exact) mass is 801 g/mol. The predicted molar refractivity (Wildman–Crippen MR) is 194 cm³/mol. The second-order valence-electron chi connectivity index (χ2n) is 12.9. The molecule has 3 aliphatic rings. The van der Waals surface area contributed by atoms with Gasteiger partial charge in [0.1, 0.15) is 18.7 Å². The Kier molecular flexibility index (Phi) is 14.9. The van der Waals surface area contributed by atoms with Crippen molar-refractivity contribution in [3.63, 3.8) is 0 Å². The zero-order valence-corrected chi connectivity index (χ0v) is 30.6. The fraction of sp³-hybridized carbons (Fsp3) is 0.600. The fourth-order valence-corrected chi connectivity index (χ4v) is 6.11. The molecule has 0 bridgehead atoms. The second kappa shape index (κ2) is 19.5. The number of H-pyrrole nitrogens is 3. The highest BCUT2D eigenvalue weighted by atomic mass is 16.5. The predicted octanol–water partition coefficient (Wildman–Crippen LogP) is -0.589. The van der Waals surface area contributed by atoms with Crippen molar-refractivity contribution in [2.75, 3.05) is 19.8 Å². The Hall–Kier alpha value is -6.27. The Morgan fingerprint density at radius 2 is 0.807 bits per heavy atom. The van der Waals surface area contributed by atoms with Crippen LogP contribution in [0.3, 0.4) is 0 Å². The van der Waals surface area contributed by atoms with Crippen LogP contribution in [0.1, 0.15) is 54.6 Å². The molecule has 6 rings (SSSR count). The average molecular weight is 802 g/mol. The number of aryl methyl sites for hydroxylation is 3. The first-order chi connectivity index (χ1) is 27.2. The molecule has 0 unspecified atom stereocenters. The van der Waals surface area contributed by atoms with Gasteiger partial charge in [0, 0.05) is 69.3 Å². The number of aromatic amines is 3. The number of azide groups is 3. The first-order valence-electron chi connectivity index (χ1n) is 17.1. The van der Waals surface area contributed by atoms with Crippen LogP contribution in [0.25, 0.3) is 31.3 Å². The van der Waals surface area contributed by atoms with Gasteiger partial charge in [0.05, 0.1) is 56.3 Å². The molecular formula is C30H39N15O12.